The summed E-state index contributed by atoms with van der Waals surface area (Å²) in [7, 11) is -4.30. The Morgan fingerprint density at radius 1 is 0.974 bits per heavy atom. The average Bonchev–Trinajstić information content (AvgIpc) is 2.79. The molecule has 1 fully saturated rings. The summed E-state index contributed by atoms with van der Waals surface area (Å²) in [6.45, 7) is 6.58. The molecule has 1 saturated heterocycles. The number of alkyl halides is 3. The quantitative estimate of drug-likeness (QED) is 0.500. The average molecular weight is 566 g/mol. The Morgan fingerprint density at radius 2 is 1.58 bits per heavy atom. The van der Waals surface area contributed by atoms with Crippen LogP contribution in [0.25, 0.3) is 0 Å². The van der Waals surface area contributed by atoms with E-state index in [-0.39, 0.29) is 17.0 Å². The summed E-state index contributed by atoms with van der Waals surface area (Å²) in [5, 5.41) is 0. The molecule has 2 aromatic rings. The molecular weight excluding hydrogens is 537 g/mol. The second-order valence-corrected chi connectivity index (χ2v) is 11.3. The Balaban J connectivity index is 1.76. The van der Waals surface area contributed by atoms with Crippen LogP contribution in [-0.4, -0.2) is 69.0 Å². The lowest BCUT2D eigenvalue weighted by Crippen LogP contribution is -2.51. The van der Waals surface area contributed by atoms with E-state index in [4.69, 9.17) is 4.74 Å². The Kier molecular flexibility index (Phi) is 8.89. The molecule has 0 bridgehead atoms. The fourth-order valence-corrected chi connectivity index (χ4v) is 4.93. The van der Waals surface area contributed by atoms with Crippen molar-refractivity contribution in [1.29, 1.82) is 0 Å². The number of halogens is 5. The van der Waals surface area contributed by atoms with Crippen molar-refractivity contribution in [3.63, 3.8) is 0 Å². The van der Waals surface area contributed by atoms with Crippen LogP contribution in [-0.2, 0) is 14.8 Å². The summed E-state index contributed by atoms with van der Waals surface area (Å²) < 4.78 is 102. The second kappa shape index (κ2) is 11.4. The Morgan fingerprint density at radius 3 is 2.11 bits per heavy atom. The monoisotopic (exact) mass is 565 g/mol. The molecule has 38 heavy (non-hydrogen) atoms. The highest BCUT2D eigenvalue weighted by Crippen LogP contribution is 2.26. The molecule has 3 rings (SSSR count). The Labute approximate surface area is 217 Å². The molecule has 8 nitrogen and oxygen atoms in total. The summed E-state index contributed by atoms with van der Waals surface area (Å²) in [6.07, 6.45) is -5.42. The van der Waals surface area contributed by atoms with E-state index in [2.05, 4.69) is 9.46 Å². The van der Waals surface area contributed by atoms with Crippen molar-refractivity contribution in [3.8, 4) is 5.75 Å². The van der Waals surface area contributed by atoms with E-state index < -0.39 is 51.5 Å². The Hall–Kier alpha value is -2.97. The largest absolute Gasteiger partial charge is 0.573 e. The first-order chi connectivity index (χ1) is 17.5. The zero-order valence-electron chi connectivity index (χ0n) is 20.9. The molecule has 1 unspecified atom stereocenters. The molecule has 2 aromatic carbocycles. The van der Waals surface area contributed by atoms with Crippen LogP contribution in [0.3, 0.4) is 0 Å². The number of carbonyl (C=O) groups excluding carboxylic acids is 1. The molecule has 0 radical (unpaired) electrons. The summed E-state index contributed by atoms with van der Waals surface area (Å²) in [5.74, 6) is -2.88. The first-order valence-electron chi connectivity index (χ1n) is 11.6. The number of carbonyl (C=O) groups is 1. The molecule has 1 atom stereocenters. The Bertz CT molecular complexity index is 1230. The van der Waals surface area contributed by atoms with Crippen molar-refractivity contribution in [2.45, 2.75) is 43.7 Å². The highest BCUT2D eigenvalue weighted by Gasteiger charge is 2.32. The fraction of sp³-hybridized carbons (Fsp3) is 0.458. The number of hydrogen-bond acceptors (Lipinski definition) is 6. The van der Waals surface area contributed by atoms with Crippen LogP contribution in [0.2, 0.25) is 0 Å². The van der Waals surface area contributed by atoms with Crippen molar-refractivity contribution < 1.29 is 44.6 Å². The fourth-order valence-electron chi connectivity index (χ4n) is 3.71. The van der Waals surface area contributed by atoms with Gasteiger partial charge in [-0.15, -0.1) is 13.2 Å². The highest BCUT2D eigenvalue weighted by atomic mass is 32.2. The highest BCUT2D eigenvalue weighted by molar-refractivity contribution is 7.89. The number of amides is 1. The normalized spacial score (nSPS) is 16.3. The number of hydrogen-bond donors (Lipinski definition) is 1. The minimum absolute atomic E-state index is 0.0434. The second-order valence-electron chi connectivity index (χ2n) is 9.63. The summed E-state index contributed by atoms with van der Waals surface area (Å²) in [6, 6.07) is 5.51. The van der Waals surface area contributed by atoms with Crippen LogP contribution in [0.5, 0.6) is 5.75 Å². The zero-order chi connectivity index (χ0) is 28.3. The molecule has 1 N–H and O–H groups in total. The third kappa shape index (κ3) is 8.53. The van der Waals surface area contributed by atoms with Gasteiger partial charge in [-0.3, -0.25) is 4.90 Å². The number of sulfonamides is 1. The minimum Gasteiger partial charge on any atom is -0.444 e. The third-order valence-corrected chi connectivity index (χ3v) is 6.96. The molecule has 14 heteroatoms. The van der Waals surface area contributed by atoms with Gasteiger partial charge in [-0.2, -0.15) is 0 Å². The van der Waals surface area contributed by atoms with Crippen molar-refractivity contribution in [1.82, 2.24) is 14.5 Å². The van der Waals surface area contributed by atoms with Crippen LogP contribution in [0.4, 0.5) is 26.7 Å². The van der Waals surface area contributed by atoms with Gasteiger partial charge in [-0.25, -0.2) is 26.7 Å². The number of ether oxygens (including phenoxy) is 2. The smallest absolute Gasteiger partial charge is 0.444 e. The van der Waals surface area contributed by atoms with Gasteiger partial charge in [0.15, 0.2) is 11.6 Å². The standard InChI is InChI=1S/C24H28F5N3O5S/c1-23(2,3)37-22(33)32-12-10-31(11-13-32)15-21(16-4-9-19(25)20(26)14-16)30-38(34,35)18-7-5-17(6-8-18)36-24(27,28)29/h4-9,14,21,30H,10-13,15H2,1-3H3. The van der Waals surface area contributed by atoms with Gasteiger partial charge in [0, 0.05) is 32.7 Å². The predicted molar refractivity (Wildman–Crippen MR) is 127 cm³/mol. The van der Waals surface area contributed by atoms with E-state index in [1.165, 1.54) is 11.0 Å². The van der Waals surface area contributed by atoms with Crippen molar-refractivity contribution in [2.75, 3.05) is 32.7 Å². The molecule has 1 amide bonds. The molecule has 1 aliphatic rings. The maximum Gasteiger partial charge on any atom is 0.573 e. The molecule has 0 aliphatic carbocycles. The first kappa shape index (κ1) is 29.6. The van der Waals surface area contributed by atoms with Crippen LogP contribution in [0.15, 0.2) is 47.4 Å². The van der Waals surface area contributed by atoms with E-state index in [0.717, 1.165) is 36.4 Å². The van der Waals surface area contributed by atoms with Crippen LogP contribution >= 0.6 is 0 Å². The number of nitrogens with one attached hydrogen (secondary N) is 1. The van der Waals surface area contributed by atoms with Gasteiger partial charge in [-0.1, -0.05) is 6.07 Å². The molecule has 210 valence electrons. The van der Waals surface area contributed by atoms with Gasteiger partial charge in [-0.05, 0) is 62.7 Å². The molecule has 0 saturated carbocycles. The minimum atomic E-state index is -4.94. The van der Waals surface area contributed by atoms with Gasteiger partial charge >= 0.3 is 12.5 Å². The van der Waals surface area contributed by atoms with E-state index in [9.17, 15) is 35.2 Å². The molecule has 1 aliphatic heterocycles. The van der Waals surface area contributed by atoms with Crippen LogP contribution in [0.1, 0.15) is 32.4 Å². The maximum absolute atomic E-state index is 14.0. The summed E-state index contributed by atoms with van der Waals surface area (Å²) in [4.78, 5) is 15.3. The van der Waals surface area contributed by atoms with Crippen molar-refractivity contribution in [2.24, 2.45) is 0 Å². The van der Waals surface area contributed by atoms with Crippen LogP contribution in [0, 0.1) is 11.6 Å². The summed E-state index contributed by atoms with van der Waals surface area (Å²) >= 11 is 0. The van der Waals surface area contributed by atoms with Gasteiger partial charge in [0.05, 0.1) is 10.9 Å². The summed E-state index contributed by atoms with van der Waals surface area (Å²) in [5.41, 5.74) is -0.527. The molecular formula is C24H28F5N3O5S. The zero-order valence-corrected chi connectivity index (χ0v) is 21.7. The SMILES string of the molecule is CC(C)(C)OC(=O)N1CCN(CC(NS(=O)(=O)c2ccc(OC(F)(F)F)cc2)c2ccc(F)c(F)c2)CC1. The van der Waals surface area contributed by atoms with E-state index in [1.807, 2.05) is 4.90 Å². The maximum atomic E-state index is 14.0. The van der Waals surface area contributed by atoms with E-state index in [0.29, 0.717) is 26.2 Å². The lowest BCUT2D eigenvalue weighted by molar-refractivity contribution is -0.274. The third-order valence-electron chi connectivity index (χ3n) is 5.48. The van der Waals surface area contributed by atoms with E-state index in [1.54, 1.807) is 20.8 Å². The van der Waals surface area contributed by atoms with Gasteiger partial charge < -0.3 is 14.4 Å². The van der Waals surface area contributed by atoms with Crippen molar-refractivity contribution in [3.05, 3.63) is 59.7 Å². The number of benzene rings is 2. The van der Waals surface area contributed by atoms with E-state index >= 15 is 0 Å². The molecule has 1 heterocycles. The molecule has 0 spiro atoms. The predicted octanol–water partition coefficient (Wildman–Crippen LogP) is 4.44. The topological polar surface area (TPSA) is 88.2 Å². The van der Waals surface area contributed by atoms with Crippen LogP contribution < -0.4 is 9.46 Å². The van der Waals surface area contributed by atoms with Crippen molar-refractivity contribution >= 4 is 16.1 Å². The number of piperazine rings is 1. The lowest BCUT2D eigenvalue weighted by Gasteiger charge is -2.37. The van der Waals surface area contributed by atoms with Gasteiger partial charge in [0.2, 0.25) is 10.0 Å². The molecule has 0 aromatic heterocycles. The number of rotatable bonds is 7. The number of nitrogens with zero attached hydrogens (tertiary/aromatic N) is 2. The first-order valence-corrected chi connectivity index (χ1v) is 13.0. The lowest BCUT2D eigenvalue weighted by atomic mass is 10.1. The van der Waals surface area contributed by atoms with Gasteiger partial charge in [0.25, 0.3) is 0 Å². The van der Waals surface area contributed by atoms with Gasteiger partial charge in [0.1, 0.15) is 11.4 Å².